The van der Waals surface area contributed by atoms with E-state index < -0.39 is 0 Å². The minimum Gasteiger partial charge on any atom is -0.331 e. The summed E-state index contributed by atoms with van der Waals surface area (Å²) >= 11 is 0. The molecule has 3 nitrogen and oxygen atoms in total. The van der Waals surface area contributed by atoms with Crippen LogP contribution in [0.5, 0.6) is 0 Å². The third-order valence-electron chi connectivity index (χ3n) is 5.42. The van der Waals surface area contributed by atoms with E-state index in [0.29, 0.717) is 12.3 Å². The largest absolute Gasteiger partial charge is 0.331 e. The van der Waals surface area contributed by atoms with Crippen molar-refractivity contribution >= 4 is 5.91 Å². The molecule has 1 N–H and O–H groups in total. The molecule has 2 aromatic rings. The maximum atomic E-state index is 13.4. The van der Waals surface area contributed by atoms with Crippen LogP contribution < -0.4 is 5.32 Å². The number of amides is 1. The Balaban J connectivity index is 1.67. The van der Waals surface area contributed by atoms with Crippen LogP contribution in [-0.4, -0.2) is 30.4 Å². The lowest BCUT2D eigenvalue weighted by Crippen LogP contribution is -2.41. The van der Waals surface area contributed by atoms with Crippen molar-refractivity contribution in [3.63, 3.8) is 0 Å². The standard InChI is InChI=1S/C21H23FN2O/c22-18-7-5-17(6-8-18)21-19-4-2-1-3-16(19)10-12-24(21)20(25)13-15-9-11-23-14-15/h1-8,15,21,23H,9-14H2/t15-,21+/m1/s1. The van der Waals surface area contributed by atoms with Crippen molar-refractivity contribution in [3.05, 3.63) is 71.0 Å². The fourth-order valence-electron chi connectivity index (χ4n) is 4.09. The molecule has 0 aliphatic carbocycles. The number of halogens is 1. The van der Waals surface area contributed by atoms with Gasteiger partial charge in [-0.1, -0.05) is 36.4 Å². The molecule has 0 unspecified atom stereocenters. The number of nitrogens with zero attached hydrogens (tertiary/aromatic N) is 1. The van der Waals surface area contributed by atoms with Crippen molar-refractivity contribution in [1.82, 2.24) is 10.2 Å². The van der Waals surface area contributed by atoms with Crippen LogP contribution in [0.2, 0.25) is 0 Å². The maximum absolute atomic E-state index is 13.4. The topological polar surface area (TPSA) is 32.3 Å². The highest BCUT2D eigenvalue weighted by atomic mass is 19.1. The Morgan fingerprint density at radius 3 is 2.72 bits per heavy atom. The van der Waals surface area contributed by atoms with Crippen molar-refractivity contribution in [2.75, 3.05) is 19.6 Å². The quantitative estimate of drug-likeness (QED) is 0.931. The molecule has 4 heteroatoms. The number of rotatable bonds is 3. The van der Waals surface area contributed by atoms with Gasteiger partial charge < -0.3 is 10.2 Å². The van der Waals surface area contributed by atoms with E-state index in [0.717, 1.165) is 38.0 Å². The summed E-state index contributed by atoms with van der Waals surface area (Å²) in [4.78, 5) is 15.0. The molecule has 2 atom stereocenters. The van der Waals surface area contributed by atoms with Crippen LogP contribution in [0.4, 0.5) is 4.39 Å². The van der Waals surface area contributed by atoms with E-state index in [1.54, 1.807) is 12.1 Å². The number of benzene rings is 2. The highest BCUT2D eigenvalue weighted by Crippen LogP contribution is 2.36. The lowest BCUT2D eigenvalue weighted by molar-refractivity contribution is -0.134. The number of carbonyl (C=O) groups is 1. The number of hydrogen-bond acceptors (Lipinski definition) is 2. The highest BCUT2D eigenvalue weighted by molar-refractivity contribution is 5.78. The molecule has 4 rings (SSSR count). The van der Waals surface area contributed by atoms with E-state index >= 15 is 0 Å². The van der Waals surface area contributed by atoms with Gasteiger partial charge in [0.25, 0.3) is 0 Å². The number of carbonyl (C=O) groups excluding carboxylic acids is 1. The van der Waals surface area contributed by atoms with Gasteiger partial charge in [0.05, 0.1) is 6.04 Å². The average Bonchev–Trinajstić information content (AvgIpc) is 3.14. The second-order valence-corrected chi connectivity index (χ2v) is 7.05. The fourth-order valence-corrected chi connectivity index (χ4v) is 4.09. The van der Waals surface area contributed by atoms with Crippen LogP contribution in [0, 0.1) is 11.7 Å². The number of fused-ring (bicyclic) bond motifs is 1. The normalized spacial score (nSPS) is 22.7. The minimum atomic E-state index is -0.247. The zero-order chi connectivity index (χ0) is 17.2. The fraction of sp³-hybridized carbons (Fsp3) is 0.381. The van der Waals surface area contributed by atoms with E-state index in [1.165, 1.54) is 23.3 Å². The molecule has 2 aliphatic heterocycles. The third-order valence-corrected chi connectivity index (χ3v) is 5.42. The Morgan fingerprint density at radius 2 is 1.96 bits per heavy atom. The van der Waals surface area contributed by atoms with Crippen molar-refractivity contribution < 1.29 is 9.18 Å². The average molecular weight is 338 g/mol. The van der Waals surface area contributed by atoms with Crippen LogP contribution >= 0.6 is 0 Å². The number of hydrogen-bond donors (Lipinski definition) is 1. The molecule has 2 aromatic carbocycles. The van der Waals surface area contributed by atoms with Crippen molar-refractivity contribution in [1.29, 1.82) is 0 Å². The van der Waals surface area contributed by atoms with Crippen molar-refractivity contribution in [2.45, 2.75) is 25.3 Å². The Labute approximate surface area is 147 Å². The molecule has 0 radical (unpaired) electrons. The molecular weight excluding hydrogens is 315 g/mol. The predicted molar refractivity (Wildman–Crippen MR) is 95.7 cm³/mol. The summed E-state index contributed by atoms with van der Waals surface area (Å²) in [5.74, 6) is 0.388. The molecule has 2 aliphatic rings. The van der Waals surface area contributed by atoms with Crippen LogP contribution in [0.15, 0.2) is 48.5 Å². The van der Waals surface area contributed by atoms with Crippen LogP contribution in [0.1, 0.15) is 35.6 Å². The zero-order valence-electron chi connectivity index (χ0n) is 14.2. The summed E-state index contributed by atoms with van der Waals surface area (Å²) in [5, 5.41) is 3.33. The van der Waals surface area contributed by atoms with Crippen molar-refractivity contribution in [3.8, 4) is 0 Å². The molecule has 0 aromatic heterocycles. The van der Waals surface area contributed by atoms with E-state index in [-0.39, 0.29) is 17.8 Å². The van der Waals surface area contributed by atoms with E-state index in [1.807, 2.05) is 17.0 Å². The van der Waals surface area contributed by atoms with Gasteiger partial charge in [-0.25, -0.2) is 4.39 Å². The van der Waals surface area contributed by atoms with Gasteiger partial charge in [-0.05, 0) is 60.7 Å². The van der Waals surface area contributed by atoms with Crippen LogP contribution in [-0.2, 0) is 11.2 Å². The van der Waals surface area contributed by atoms with Gasteiger partial charge in [-0.15, -0.1) is 0 Å². The highest BCUT2D eigenvalue weighted by Gasteiger charge is 2.33. The van der Waals surface area contributed by atoms with Crippen molar-refractivity contribution in [2.24, 2.45) is 5.92 Å². The molecule has 1 saturated heterocycles. The lowest BCUT2D eigenvalue weighted by atomic mass is 9.87. The molecule has 1 fully saturated rings. The van der Waals surface area contributed by atoms with E-state index in [2.05, 4.69) is 17.4 Å². The molecule has 1 amide bonds. The van der Waals surface area contributed by atoms with Gasteiger partial charge in [-0.3, -0.25) is 4.79 Å². The zero-order valence-corrected chi connectivity index (χ0v) is 14.2. The molecular formula is C21H23FN2O. The summed E-state index contributed by atoms with van der Waals surface area (Å²) in [6.07, 6.45) is 2.53. The molecule has 130 valence electrons. The maximum Gasteiger partial charge on any atom is 0.223 e. The summed E-state index contributed by atoms with van der Waals surface area (Å²) < 4.78 is 13.4. The molecule has 2 heterocycles. The predicted octanol–water partition coefficient (Wildman–Crippen LogP) is 3.30. The molecule has 0 spiro atoms. The second-order valence-electron chi connectivity index (χ2n) is 7.05. The van der Waals surface area contributed by atoms with Gasteiger partial charge >= 0.3 is 0 Å². The van der Waals surface area contributed by atoms with Crippen LogP contribution in [0.3, 0.4) is 0 Å². The first-order valence-electron chi connectivity index (χ1n) is 9.06. The summed E-state index contributed by atoms with van der Waals surface area (Å²) in [6, 6.07) is 14.7. The van der Waals surface area contributed by atoms with Gasteiger partial charge in [0, 0.05) is 13.0 Å². The second kappa shape index (κ2) is 6.96. The molecule has 0 saturated carbocycles. The minimum absolute atomic E-state index is 0.118. The Kier molecular flexibility index (Phi) is 4.53. The summed E-state index contributed by atoms with van der Waals surface area (Å²) in [7, 11) is 0. The Morgan fingerprint density at radius 1 is 1.16 bits per heavy atom. The first-order chi connectivity index (χ1) is 12.2. The number of nitrogens with one attached hydrogen (secondary N) is 1. The van der Waals surface area contributed by atoms with E-state index in [4.69, 9.17) is 0 Å². The van der Waals surface area contributed by atoms with Gasteiger partial charge in [0.2, 0.25) is 5.91 Å². The Bertz CT molecular complexity index is 753. The van der Waals surface area contributed by atoms with Gasteiger partial charge in [0.15, 0.2) is 0 Å². The monoisotopic (exact) mass is 338 g/mol. The van der Waals surface area contributed by atoms with Crippen LogP contribution in [0.25, 0.3) is 0 Å². The lowest BCUT2D eigenvalue weighted by Gasteiger charge is -2.38. The smallest absolute Gasteiger partial charge is 0.223 e. The molecule has 25 heavy (non-hydrogen) atoms. The Hall–Kier alpha value is -2.20. The van der Waals surface area contributed by atoms with Gasteiger partial charge in [-0.2, -0.15) is 0 Å². The van der Waals surface area contributed by atoms with E-state index in [9.17, 15) is 9.18 Å². The molecule has 0 bridgehead atoms. The summed E-state index contributed by atoms with van der Waals surface area (Å²) in [6.45, 7) is 2.65. The summed E-state index contributed by atoms with van der Waals surface area (Å²) in [5.41, 5.74) is 3.42. The SMILES string of the molecule is O=C(C[C@H]1CCNC1)N1CCc2ccccc2[C@@H]1c1ccc(F)cc1. The third kappa shape index (κ3) is 3.31. The first kappa shape index (κ1) is 16.3. The first-order valence-corrected chi connectivity index (χ1v) is 9.06. The van der Waals surface area contributed by atoms with Gasteiger partial charge in [0.1, 0.15) is 5.82 Å².